The van der Waals surface area contributed by atoms with E-state index >= 15 is 0 Å². The van der Waals surface area contributed by atoms with Crippen LogP contribution in [0, 0.1) is 0 Å². The van der Waals surface area contributed by atoms with Crippen LogP contribution in [0.5, 0.6) is 0 Å². The zero-order valence-electron chi connectivity index (χ0n) is 6.66. The van der Waals surface area contributed by atoms with Crippen molar-refractivity contribution in [3.05, 3.63) is 0 Å². The third-order valence-electron chi connectivity index (χ3n) is 1.91. The molecule has 11 heavy (non-hydrogen) atoms. The minimum atomic E-state index is 0. The number of rotatable bonds is 2. The molecule has 0 amide bonds. The van der Waals surface area contributed by atoms with E-state index in [9.17, 15) is 4.79 Å². The Kier molecular flexibility index (Phi) is 5.24. The Morgan fingerprint density at radius 3 is 2.45 bits per heavy atom. The first-order valence-electron chi connectivity index (χ1n) is 3.60. The number of ether oxygens (including phenoxy) is 1. The van der Waals surface area contributed by atoms with Crippen LogP contribution in [0.2, 0.25) is 0 Å². The molecule has 4 heteroatoms. The Hall–Kier alpha value is -0.280. The molecule has 0 saturated carbocycles. The summed E-state index contributed by atoms with van der Waals surface area (Å²) in [4.78, 5) is 12.2. The van der Waals surface area contributed by atoms with Gasteiger partial charge in [-0.1, -0.05) is 0 Å². The molecule has 0 spiro atoms. The van der Waals surface area contributed by atoms with Crippen molar-refractivity contribution in [2.24, 2.45) is 0 Å². The molecule has 1 heterocycles. The van der Waals surface area contributed by atoms with Gasteiger partial charge in [-0.2, -0.15) is 0 Å². The highest BCUT2D eigenvalue weighted by Crippen LogP contribution is 2.10. The van der Waals surface area contributed by atoms with E-state index in [0.717, 1.165) is 25.9 Å². The lowest BCUT2D eigenvalue weighted by Gasteiger charge is -2.27. The van der Waals surface area contributed by atoms with Gasteiger partial charge < -0.3 is 9.64 Å². The van der Waals surface area contributed by atoms with Crippen molar-refractivity contribution in [2.45, 2.75) is 18.9 Å². The Labute approximate surface area is 73.1 Å². The second kappa shape index (κ2) is 5.38. The summed E-state index contributed by atoms with van der Waals surface area (Å²) in [6, 6.07) is 0. The Morgan fingerprint density at radius 2 is 2.00 bits per heavy atom. The molecule has 1 saturated heterocycles. The van der Waals surface area contributed by atoms with Crippen molar-refractivity contribution in [3.8, 4) is 0 Å². The van der Waals surface area contributed by atoms with Crippen molar-refractivity contribution in [3.63, 3.8) is 0 Å². The van der Waals surface area contributed by atoms with Gasteiger partial charge in [0, 0.05) is 13.1 Å². The first kappa shape index (κ1) is 10.7. The molecule has 0 aromatic carbocycles. The van der Waals surface area contributed by atoms with Crippen LogP contribution in [0.1, 0.15) is 12.8 Å². The molecule has 66 valence electrons. The summed E-state index contributed by atoms with van der Waals surface area (Å²) in [5.41, 5.74) is 0. The van der Waals surface area contributed by atoms with Crippen molar-refractivity contribution in [1.82, 2.24) is 4.90 Å². The van der Waals surface area contributed by atoms with E-state index in [1.165, 1.54) is 0 Å². The summed E-state index contributed by atoms with van der Waals surface area (Å²) in [6.07, 6.45) is 2.14. The Balaban J connectivity index is 0.000001000. The molecule has 3 nitrogen and oxygen atoms in total. The number of carbonyl (C=O) groups is 1. The topological polar surface area (TPSA) is 29.5 Å². The maximum atomic E-state index is 9.92. The number of hydrogen-bond acceptors (Lipinski definition) is 3. The fourth-order valence-electron chi connectivity index (χ4n) is 1.20. The van der Waals surface area contributed by atoms with Gasteiger partial charge in [0.2, 0.25) is 0 Å². The van der Waals surface area contributed by atoms with Gasteiger partial charge in [-0.15, -0.1) is 12.4 Å². The van der Waals surface area contributed by atoms with Crippen LogP contribution in [0.25, 0.3) is 0 Å². The highest BCUT2D eigenvalue weighted by Gasteiger charge is 2.16. The molecule has 0 radical (unpaired) electrons. The smallest absolute Gasteiger partial charge is 0.293 e. The zero-order valence-corrected chi connectivity index (χ0v) is 7.47. The van der Waals surface area contributed by atoms with Crippen LogP contribution in [-0.2, 0) is 9.53 Å². The summed E-state index contributed by atoms with van der Waals surface area (Å²) < 4.78 is 4.82. The second-order valence-electron chi connectivity index (χ2n) is 2.73. The van der Waals surface area contributed by atoms with E-state index in [2.05, 4.69) is 11.9 Å². The molecular formula is C7H14ClNO2. The van der Waals surface area contributed by atoms with Crippen LogP contribution in [0.3, 0.4) is 0 Å². The molecule has 0 aromatic heterocycles. The quantitative estimate of drug-likeness (QED) is 0.584. The first-order valence-corrected chi connectivity index (χ1v) is 3.60. The summed E-state index contributed by atoms with van der Waals surface area (Å²) in [5.74, 6) is 0. The van der Waals surface area contributed by atoms with Gasteiger partial charge in [0.05, 0.1) is 0 Å². The average Bonchev–Trinajstić information content (AvgIpc) is 1.95. The lowest BCUT2D eigenvalue weighted by Crippen LogP contribution is -2.33. The summed E-state index contributed by atoms with van der Waals surface area (Å²) in [6.45, 7) is 2.63. The van der Waals surface area contributed by atoms with Crippen LogP contribution in [0.4, 0.5) is 0 Å². The highest BCUT2D eigenvalue weighted by atomic mass is 35.5. The molecule has 0 aliphatic carbocycles. The maximum Gasteiger partial charge on any atom is 0.293 e. The molecule has 1 aliphatic rings. The van der Waals surface area contributed by atoms with Crippen LogP contribution in [-0.4, -0.2) is 37.6 Å². The summed E-state index contributed by atoms with van der Waals surface area (Å²) in [5, 5.41) is 0. The van der Waals surface area contributed by atoms with E-state index in [4.69, 9.17) is 4.74 Å². The minimum absolute atomic E-state index is 0. The fourth-order valence-corrected chi connectivity index (χ4v) is 1.20. The van der Waals surface area contributed by atoms with Crippen molar-refractivity contribution in [2.75, 3.05) is 20.1 Å². The van der Waals surface area contributed by atoms with Gasteiger partial charge in [-0.25, -0.2) is 0 Å². The van der Waals surface area contributed by atoms with E-state index in [0.29, 0.717) is 6.47 Å². The monoisotopic (exact) mass is 179 g/mol. The van der Waals surface area contributed by atoms with Crippen molar-refractivity contribution >= 4 is 18.9 Å². The minimum Gasteiger partial charge on any atom is -0.464 e. The first-order chi connectivity index (χ1) is 4.83. The van der Waals surface area contributed by atoms with Gasteiger partial charge >= 0.3 is 0 Å². The van der Waals surface area contributed by atoms with Gasteiger partial charge in [0.15, 0.2) is 0 Å². The Bertz CT molecular complexity index is 113. The second-order valence-corrected chi connectivity index (χ2v) is 2.73. The average molecular weight is 180 g/mol. The van der Waals surface area contributed by atoms with Gasteiger partial charge in [0.25, 0.3) is 6.47 Å². The highest BCUT2D eigenvalue weighted by molar-refractivity contribution is 5.85. The van der Waals surface area contributed by atoms with E-state index in [1.807, 2.05) is 0 Å². The van der Waals surface area contributed by atoms with Crippen LogP contribution >= 0.6 is 12.4 Å². The number of carbonyl (C=O) groups excluding carboxylic acids is 1. The largest absolute Gasteiger partial charge is 0.464 e. The molecular weight excluding hydrogens is 166 g/mol. The predicted molar refractivity (Wildman–Crippen MR) is 44.9 cm³/mol. The molecule has 0 atom stereocenters. The number of likely N-dealkylation sites (tertiary alicyclic amines) is 1. The molecule has 1 fully saturated rings. The van der Waals surface area contributed by atoms with Gasteiger partial charge in [-0.05, 0) is 19.9 Å². The van der Waals surface area contributed by atoms with Crippen LogP contribution in [0.15, 0.2) is 0 Å². The number of piperidine rings is 1. The van der Waals surface area contributed by atoms with E-state index < -0.39 is 0 Å². The standard InChI is InChI=1S/C7H13NO2.ClH/c1-8-4-2-7(3-5-8)10-6-9;/h6-7H,2-5H2,1H3;1H. The predicted octanol–water partition coefficient (Wildman–Crippen LogP) is 0.675. The number of halogens is 1. The van der Waals surface area contributed by atoms with Crippen LogP contribution < -0.4 is 0 Å². The summed E-state index contributed by atoms with van der Waals surface area (Å²) >= 11 is 0. The van der Waals surface area contributed by atoms with Crippen molar-refractivity contribution in [1.29, 1.82) is 0 Å². The molecule has 1 rings (SSSR count). The van der Waals surface area contributed by atoms with E-state index in [-0.39, 0.29) is 18.5 Å². The fraction of sp³-hybridized carbons (Fsp3) is 0.857. The molecule has 1 aliphatic heterocycles. The number of nitrogens with zero attached hydrogens (tertiary/aromatic N) is 1. The normalized spacial score (nSPS) is 20.5. The maximum absolute atomic E-state index is 9.92. The molecule has 0 aromatic rings. The van der Waals surface area contributed by atoms with Gasteiger partial charge in [0.1, 0.15) is 6.10 Å². The zero-order chi connectivity index (χ0) is 7.40. The third kappa shape index (κ3) is 3.58. The lowest BCUT2D eigenvalue weighted by molar-refractivity contribution is -0.135. The molecule has 0 unspecified atom stereocenters. The van der Waals surface area contributed by atoms with E-state index in [1.54, 1.807) is 0 Å². The molecule has 0 N–H and O–H groups in total. The van der Waals surface area contributed by atoms with Gasteiger partial charge in [-0.3, -0.25) is 4.79 Å². The number of hydrogen-bond donors (Lipinski definition) is 0. The summed E-state index contributed by atoms with van der Waals surface area (Å²) in [7, 11) is 2.08. The SMILES string of the molecule is CN1CCC(OC=O)CC1.Cl. The Morgan fingerprint density at radius 1 is 1.45 bits per heavy atom. The lowest BCUT2D eigenvalue weighted by atomic mass is 10.1. The van der Waals surface area contributed by atoms with Crippen molar-refractivity contribution < 1.29 is 9.53 Å². The molecule has 0 bridgehead atoms. The third-order valence-corrected chi connectivity index (χ3v) is 1.91.